The second-order valence-corrected chi connectivity index (χ2v) is 5.32. The molecule has 0 spiro atoms. The lowest BCUT2D eigenvalue weighted by Crippen LogP contribution is -2.07. The minimum absolute atomic E-state index is 0.284. The second kappa shape index (κ2) is 7.60. The highest BCUT2D eigenvalue weighted by Crippen LogP contribution is 2.29. The molecule has 22 heavy (non-hydrogen) atoms. The van der Waals surface area contributed by atoms with E-state index in [0.29, 0.717) is 5.56 Å². The van der Waals surface area contributed by atoms with Crippen molar-refractivity contribution in [1.82, 2.24) is 0 Å². The lowest BCUT2D eigenvalue weighted by molar-refractivity contribution is 0.0600. The van der Waals surface area contributed by atoms with Gasteiger partial charge in [0.05, 0.1) is 12.7 Å². The molecule has 0 amide bonds. The molecule has 2 aromatic rings. The molecule has 2 rings (SSSR count). The van der Waals surface area contributed by atoms with Gasteiger partial charge in [-0.15, -0.1) is 0 Å². The van der Waals surface area contributed by atoms with Crippen LogP contribution in [0.2, 0.25) is 0 Å². The molecule has 0 radical (unpaired) electrons. The monoisotopic (exact) mass is 294 g/mol. The summed E-state index contributed by atoms with van der Waals surface area (Å²) in [6.45, 7) is 4.19. The van der Waals surface area contributed by atoms with Gasteiger partial charge in [0, 0.05) is 0 Å². The SMILES string of the molecule is CCC/C(=C/c1ccccc1)c1c(C)cccc1C(=O)OC. The number of hydrogen-bond donors (Lipinski definition) is 0. The minimum Gasteiger partial charge on any atom is -0.465 e. The smallest absolute Gasteiger partial charge is 0.338 e. The summed E-state index contributed by atoms with van der Waals surface area (Å²) in [4.78, 5) is 12.1. The lowest BCUT2D eigenvalue weighted by Gasteiger charge is -2.15. The van der Waals surface area contributed by atoms with Crippen LogP contribution in [0.15, 0.2) is 48.5 Å². The van der Waals surface area contributed by atoms with Crippen molar-refractivity contribution in [2.24, 2.45) is 0 Å². The Hall–Kier alpha value is -2.35. The molecule has 2 heteroatoms. The predicted molar refractivity (Wildman–Crippen MR) is 91.7 cm³/mol. The zero-order valence-electron chi connectivity index (χ0n) is 13.4. The third-order valence-electron chi connectivity index (χ3n) is 3.66. The molecule has 0 saturated heterocycles. The Morgan fingerprint density at radius 1 is 1.09 bits per heavy atom. The number of hydrogen-bond acceptors (Lipinski definition) is 2. The normalized spacial score (nSPS) is 11.3. The standard InChI is InChI=1S/C20H22O2/c1-4-9-17(14-16-11-6-5-7-12-16)19-15(2)10-8-13-18(19)20(21)22-3/h5-8,10-14H,4,9H2,1-3H3/b17-14-. The molecule has 0 heterocycles. The Morgan fingerprint density at radius 2 is 1.82 bits per heavy atom. The molecule has 0 fully saturated rings. The zero-order valence-corrected chi connectivity index (χ0v) is 13.4. The largest absolute Gasteiger partial charge is 0.465 e. The van der Waals surface area contributed by atoms with Crippen molar-refractivity contribution in [3.8, 4) is 0 Å². The van der Waals surface area contributed by atoms with E-state index in [1.54, 1.807) is 0 Å². The number of carbonyl (C=O) groups excluding carboxylic acids is 1. The van der Waals surface area contributed by atoms with E-state index in [1.807, 2.05) is 43.3 Å². The lowest BCUT2D eigenvalue weighted by atomic mass is 9.91. The number of carbonyl (C=O) groups is 1. The van der Waals surface area contributed by atoms with E-state index in [0.717, 1.165) is 29.5 Å². The van der Waals surface area contributed by atoms with Crippen LogP contribution < -0.4 is 0 Å². The van der Waals surface area contributed by atoms with Gasteiger partial charge in [-0.25, -0.2) is 4.79 Å². The van der Waals surface area contributed by atoms with Crippen LogP contribution in [0, 0.1) is 6.92 Å². The van der Waals surface area contributed by atoms with Crippen LogP contribution in [-0.4, -0.2) is 13.1 Å². The van der Waals surface area contributed by atoms with Crippen molar-refractivity contribution in [2.75, 3.05) is 7.11 Å². The van der Waals surface area contributed by atoms with Crippen molar-refractivity contribution >= 4 is 17.6 Å². The number of methoxy groups -OCH3 is 1. The summed E-state index contributed by atoms with van der Waals surface area (Å²) in [5.41, 5.74) is 5.05. The van der Waals surface area contributed by atoms with E-state index in [1.165, 1.54) is 12.7 Å². The summed E-state index contributed by atoms with van der Waals surface area (Å²) >= 11 is 0. The maximum Gasteiger partial charge on any atom is 0.338 e. The fourth-order valence-corrected chi connectivity index (χ4v) is 2.66. The fourth-order valence-electron chi connectivity index (χ4n) is 2.66. The van der Waals surface area contributed by atoms with Crippen LogP contribution in [-0.2, 0) is 4.74 Å². The molecular weight excluding hydrogens is 272 g/mol. The average molecular weight is 294 g/mol. The van der Waals surface area contributed by atoms with Crippen molar-refractivity contribution in [3.05, 3.63) is 70.8 Å². The number of ether oxygens (including phenoxy) is 1. The first-order chi connectivity index (χ1) is 10.7. The first-order valence-corrected chi connectivity index (χ1v) is 7.61. The summed E-state index contributed by atoms with van der Waals surface area (Å²) in [6.07, 6.45) is 4.11. The maximum atomic E-state index is 12.1. The van der Waals surface area contributed by atoms with E-state index in [9.17, 15) is 4.79 Å². The predicted octanol–water partition coefficient (Wildman–Crippen LogP) is 5.12. The Kier molecular flexibility index (Phi) is 5.54. The molecule has 0 N–H and O–H groups in total. The Bertz CT molecular complexity index is 669. The van der Waals surface area contributed by atoms with Crippen LogP contribution in [0.25, 0.3) is 11.6 Å². The van der Waals surface area contributed by atoms with Gasteiger partial charge in [0.2, 0.25) is 0 Å². The Labute approximate surface area is 132 Å². The highest BCUT2D eigenvalue weighted by atomic mass is 16.5. The number of benzene rings is 2. The molecule has 2 aromatic carbocycles. The van der Waals surface area contributed by atoms with E-state index >= 15 is 0 Å². The highest BCUT2D eigenvalue weighted by molar-refractivity contribution is 5.98. The molecule has 2 nitrogen and oxygen atoms in total. The van der Waals surface area contributed by atoms with E-state index in [-0.39, 0.29) is 5.97 Å². The highest BCUT2D eigenvalue weighted by Gasteiger charge is 2.16. The van der Waals surface area contributed by atoms with Gasteiger partial charge in [-0.05, 0) is 41.7 Å². The average Bonchev–Trinajstić information content (AvgIpc) is 2.54. The number of esters is 1. The number of aryl methyl sites for hydroxylation is 1. The van der Waals surface area contributed by atoms with Gasteiger partial charge in [-0.1, -0.05) is 61.9 Å². The minimum atomic E-state index is -0.284. The summed E-state index contributed by atoms with van der Waals surface area (Å²) in [7, 11) is 1.43. The molecule has 0 atom stereocenters. The summed E-state index contributed by atoms with van der Waals surface area (Å²) in [5.74, 6) is -0.284. The van der Waals surface area contributed by atoms with Gasteiger partial charge in [0.25, 0.3) is 0 Å². The van der Waals surface area contributed by atoms with Gasteiger partial charge in [-0.3, -0.25) is 0 Å². The van der Waals surface area contributed by atoms with Gasteiger partial charge >= 0.3 is 5.97 Å². The van der Waals surface area contributed by atoms with Crippen LogP contribution in [0.1, 0.15) is 46.8 Å². The van der Waals surface area contributed by atoms with E-state index in [4.69, 9.17) is 4.74 Å². The third kappa shape index (κ3) is 3.64. The first-order valence-electron chi connectivity index (χ1n) is 7.61. The molecule has 0 saturated carbocycles. The Balaban J connectivity index is 2.58. The zero-order chi connectivity index (χ0) is 15.9. The van der Waals surface area contributed by atoms with Crippen LogP contribution >= 0.6 is 0 Å². The van der Waals surface area contributed by atoms with Crippen LogP contribution in [0.5, 0.6) is 0 Å². The topological polar surface area (TPSA) is 26.3 Å². The molecule has 114 valence electrons. The summed E-state index contributed by atoms with van der Waals surface area (Å²) < 4.78 is 4.94. The summed E-state index contributed by atoms with van der Waals surface area (Å²) in [6, 6.07) is 16.0. The number of rotatable bonds is 5. The van der Waals surface area contributed by atoms with E-state index in [2.05, 4.69) is 25.1 Å². The first kappa shape index (κ1) is 16.0. The van der Waals surface area contributed by atoms with Crippen LogP contribution in [0.4, 0.5) is 0 Å². The number of allylic oxidation sites excluding steroid dienone is 1. The quantitative estimate of drug-likeness (QED) is 0.565. The van der Waals surface area contributed by atoms with Crippen molar-refractivity contribution < 1.29 is 9.53 Å². The van der Waals surface area contributed by atoms with Gasteiger partial charge in [0.15, 0.2) is 0 Å². The maximum absolute atomic E-state index is 12.1. The van der Waals surface area contributed by atoms with Crippen molar-refractivity contribution in [2.45, 2.75) is 26.7 Å². The molecular formula is C20H22O2. The van der Waals surface area contributed by atoms with Gasteiger partial charge < -0.3 is 4.74 Å². The molecule has 0 aliphatic carbocycles. The molecule has 0 aliphatic rings. The molecule has 0 aliphatic heterocycles. The second-order valence-electron chi connectivity index (χ2n) is 5.32. The molecule has 0 aromatic heterocycles. The van der Waals surface area contributed by atoms with Crippen molar-refractivity contribution in [1.29, 1.82) is 0 Å². The van der Waals surface area contributed by atoms with E-state index < -0.39 is 0 Å². The molecule has 0 unspecified atom stereocenters. The fraction of sp³-hybridized carbons (Fsp3) is 0.250. The Morgan fingerprint density at radius 3 is 2.45 bits per heavy atom. The van der Waals surface area contributed by atoms with Crippen LogP contribution in [0.3, 0.4) is 0 Å². The van der Waals surface area contributed by atoms with Gasteiger partial charge in [0.1, 0.15) is 0 Å². The summed E-state index contributed by atoms with van der Waals surface area (Å²) in [5, 5.41) is 0. The molecule has 0 bridgehead atoms. The third-order valence-corrected chi connectivity index (χ3v) is 3.66. The van der Waals surface area contributed by atoms with Gasteiger partial charge in [-0.2, -0.15) is 0 Å². The van der Waals surface area contributed by atoms with Crippen molar-refractivity contribution in [3.63, 3.8) is 0 Å².